The molecule has 0 bridgehead atoms. The van der Waals surface area contributed by atoms with Gasteiger partial charge in [0.2, 0.25) is 0 Å². The summed E-state index contributed by atoms with van der Waals surface area (Å²) in [5.41, 5.74) is 3.44. The molecule has 0 spiro atoms. The quantitative estimate of drug-likeness (QED) is 0.633. The van der Waals surface area contributed by atoms with Crippen LogP contribution in [0.4, 0.5) is 4.39 Å². The molecule has 2 amide bonds. The summed E-state index contributed by atoms with van der Waals surface area (Å²) in [6, 6.07) is 12.0. The Hall–Kier alpha value is -2.22. The first-order chi connectivity index (χ1) is 11.9. The highest BCUT2D eigenvalue weighted by Crippen LogP contribution is 2.31. The Morgan fingerprint density at radius 3 is 2.64 bits per heavy atom. The van der Waals surface area contributed by atoms with Gasteiger partial charge in [-0.2, -0.15) is 5.01 Å². The van der Waals surface area contributed by atoms with Gasteiger partial charge in [-0.05, 0) is 54.2 Å². The van der Waals surface area contributed by atoms with Crippen LogP contribution in [0.15, 0.2) is 53.4 Å². The fourth-order valence-electron chi connectivity index (χ4n) is 2.07. The molecule has 1 fully saturated rings. The Bertz CT molecular complexity index is 900. The molecular formula is C17H10ClFN2O2S2. The second-order valence-corrected chi connectivity index (χ2v) is 7.13. The number of thioether (sulfide) groups is 1. The number of thiocarbonyl (C=S) groups is 1. The van der Waals surface area contributed by atoms with Crippen molar-refractivity contribution in [2.24, 2.45) is 0 Å². The van der Waals surface area contributed by atoms with Crippen molar-refractivity contribution in [1.29, 1.82) is 0 Å². The molecule has 2 aromatic carbocycles. The smallest absolute Gasteiger partial charge is 0.267 e. The van der Waals surface area contributed by atoms with Crippen molar-refractivity contribution < 1.29 is 14.0 Å². The number of benzene rings is 2. The van der Waals surface area contributed by atoms with Crippen LogP contribution < -0.4 is 5.43 Å². The molecule has 0 radical (unpaired) electrons. The zero-order valence-electron chi connectivity index (χ0n) is 12.5. The predicted molar refractivity (Wildman–Crippen MR) is 100 cm³/mol. The first-order valence-electron chi connectivity index (χ1n) is 7.04. The Labute approximate surface area is 157 Å². The van der Waals surface area contributed by atoms with E-state index in [1.165, 1.54) is 18.2 Å². The minimum atomic E-state index is -0.498. The Morgan fingerprint density at radius 2 is 1.96 bits per heavy atom. The second-order valence-electron chi connectivity index (χ2n) is 5.02. The molecule has 2 aromatic rings. The van der Waals surface area contributed by atoms with E-state index in [1.54, 1.807) is 36.4 Å². The standard InChI is InChI=1S/C17H10ClFN2O2S2/c18-12-3-1-2-11(9-12)15(22)20-21-16(23)14(25-17(21)24)8-10-4-6-13(19)7-5-10/h1-9H,(H,20,22)/b14-8-. The lowest BCUT2D eigenvalue weighted by Gasteiger charge is -2.15. The lowest BCUT2D eigenvalue weighted by Crippen LogP contribution is -2.44. The van der Waals surface area contributed by atoms with E-state index in [2.05, 4.69) is 5.43 Å². The molecule has 8 heteroatoms. The number of halogens is 2. The third-order valence-corrected chi connectivity index (χ3v) is 4.80. The van der Waals surface area contributed by atoms with Gasteiger partial charge in [-0.1, -0.05) is 41.6 Å². The second kappa shape index (κ2) is 7.35. The number of rotatable bonds is 3. The van der Waals surface area contributed by atoms with Gasteiger partial charge in [0.15, 0.2) is 4.32 Å². The summed E-state index contributed by atoms with van der Waals surface area (Å²) in [4.78, 5) is 25.0. The van der Waals surface area contributed by atoms with Gasteiger partial charge < -0.3 is 0 Å². The van der Waals surface area contributed by atoms with Crippen molar-refractivity contribution in [3.63, 3.8) is 0 Å². The van der Waals surface area contributed by atoms with Gasteiger partial charge in [-0.3, -0.25) is 15.0 Å². The van der Waals surface area contributed by atoms with Crippen LogP contribution in [0.1, 0.15) is 15.9 Å². The van der Waals surface area contributed by atoms with Crippen LogP contribution in [0.3, 0.4) is 0 Å². The van der Waals surface area contributed by atoms with Gasteiger partial charge in [-0.15, -0.1) is 0 Å². The summed E-state index contributed by atoms with van der Waals surface area (Å²) >= 11 is 12.1. The fourth-order valence-corrected chi connectivity index (χ4v) is 3.44. The van der Waals surface area contributed by atoms with Crippen molar-refractivity contribution >= 4 is 57.8 Å². The molecular weight excluding hydrogens is 383 g/mol. The van der Waals surface area contributed by atoms with Crippen molar-refractivity contribution in [2.45, 2.75) is 0 Å². The summed E-state index contributed by atoms with van der Waals surface area (Å²) in [6.45, 7) is 0. The lowest BCUT2D eigenvalue weighted by atomic mass is 10.2. The van der Waals surface area contributed by atoms with Crippen molar-refractivity contribution in [3.05, 3.63) is 75.4 Å². The molecule has 1 aliphatic heterocycles. The molecule has 126 valence electrons. The largest absolute Gasteiger partial charge is 0.285 e. The van der Waals surface area contributed by atoms with E-state index in [9.17, 15) is 14.0 Å². The van der Waals surface area contributed by atoms with Crippen LogP contribution in [0.25, 0.3) is 6.08 Å². The highest BCUT2D eigenvalue weighted by molar-refractivity contribution is 8.26. The summed E-state index contributed by atoms with van der Waals surface area (Å²) in [6.07, 6.45) is 1.59. The molecule has 0 saturated carbocycles. The third kappa shape index (κ3) is 4.07. The van der Waals surface area contributed by atoms with E-state index in [1.807, 2.05) is 0 Å². The van der Waals surface area contributed by atoms with E-state index >= 15 is 0 Å². The summed E-state index contributed by atoms with van der Waals surface area (Å²) in [5, 5.41) is 1.42. The Morgan fingerprint density at radius 1 is 1.24 bits per heavy atom. The molecule has 0 aliphatic carbocycles. The molecule has 0 unspecified atom stereocenters. The third-order valence-electron chi connectivity index (χ3n) is 3.26. The minimum absolute atomic E-state index is 0.203. The summed E-state index contributed by atoms with van der Waals surface area (Å²) in [5.74, 6) is -1.31. The molecule has 1 aliphatic rings. The zero-order chi connectivity index (χ0) is 18.0. The van der Waals surface area contributed by atoms with Gasteiger partial charge in [-0.25, -0.2) is 4.39 Å². The number of hydrogen-bond donors (Lipinski definition) is 1. The van der Waals surface area contributed by atoms with Gasteiger partial charge in [0, 0.05) is 10.6 Å². The van der Waals surface area contributed by atoms with Crippen LogP contribution >= 0.6 is 35.6 Å². The van der Waals surface area contributed by atoms with E-state index in [0.717, 1.165) is 16.8 Å². The molecule has 25 heavy (non-hydrogen) atoms. The van der Waals surface area contributed by atoms with Crippen LogP contribution in [0.2, 0.25) is 5.02 Å². The maximum atomic E-state index is 13.0. The predicted octanol–water partition coefficient (Wildman–Crippen LogP) is 4.03. The molecule has 0 aromatic heterocycles. The molecule has 0 atom stereocenters. The SMILES string of the molecule is O=C(NN1C(=O)/C(=C/c2ccc(F)cc2)SC1=S)c1cccc(Cl)c1. The topological polar surface area (TPSA) is 49.4 Å². The normalized spacial score (nSPS) is 15.8. The van der Waals surface area contributed by atoms with Gasteiger partial charge in [0.25, 0.3) is 11.8 Å². The monoisotopic (exact) mass is 392 g/mol. The fraction of sp³-hybridized carbons (Fsp3) is 0. The van der Waals surface area contributed by atoms with E-state index in [0.29, 0.717) is 21.1 Å². The Balaban J connectivity index is 1.77. The van der Waals surface area contributed by atoms with Crippen molar-refractivity contribution in [1.82, 2.24) is 10.4 Å². The van der Waals surface area contributed by atoms with Crippen molar-refractivity contribution in [2.75, 3.05) is 0 Å². The van der Waals surface area contributed by atoms with Gasteiger partial charge in [0.1, 0.15) is 5.82 Å². The van der Waals surface area contributed by atoms with Crippen LogP contribution in [-0.2, 0) is 4.79 Å². The van der Waals surface area contributed by atoms with Crippen molar-refractivity contribution in [3.8, 4) is 0 Å². The average molecular weight is 393 g/mol. The van der Waals surface area contributed by atoms with Crippen LogP contribution in [-0.4, -0.2) is 21.1 Å². The first kappa shape index (κ1) is 17.6. The number of hydrogen-bond acceptors (Lipinski definition) is 4. The summed E-state index contributed by atoms with van der Waals surface area (Å²) < 4.78 is 13.2. The zero-order valence-corrected chi connectivity index (χ0v) is 14.9. The number of nitrogens with one attached hydrogen (secondary N) is 1. The van der Waals surface area contributed by atoms with E-state index in [4.69, 9.17) is 23.8 Å². The summed E-state index contributed by atoms with van der Waals surface area (Å²) in [7, 11) is 0. The lowest BCUT2D eigenvalue weighted by molar-refractivity contribution is -0.123. The maximum Gasteiger partial charge on any atom is 0.285 e. The van der Waals surface area contributed by atoms with Crippen LogP contribution in [0, 0.1) is 5.82 Å². The molecule has 3 rings (SSSR count). The highest BCUT2D eigenvalue weighted by atomic mass is 35.5. The minimum Gasteiger partial charge on any atom is -0.267 e. The molecule has 1 heterocycles. The number of nitrogens with zero attached hydrogens (tertiary/aromatic N) is 1. The highest BCUT2D eigenvalue weighted by Gasteiger charge is 2.33. The number of amides is 2. The van der Waals surface area contributed by atoms with E-state index < -0.39 is 11.8 Å². The number of carbonyl (C=O) groups is 2. The van der Waals surface area contributed by atoms with Crippen LogP contribution in [0.5, 0.6) is 0 Å². The van der Waals surface area contributed by atoms with Gasteiger partial charge in [0.05, 0.1) is 4.91 Å². The van der Waals surface area contributed by atoms with E-state index in [-0.39, 0.29) is 10.1 Å². The molecule has 1 N–H and O–H groups in total. The average Bonchev–Trinajstić information content (AvgIpc) is 2.84. The van der Waals surface area contributed by atoms with Gasteiger partial charge >= 0.3 is 0 Å². The first-order valence-corrected chi connectivity index (χ1v) is 8.64. The molecule has 4 nitrogen and oxygen atoms in total. The molecule has 1 saturated heterocycles. The Kier molecular flexibility index (Phi) is 5.17. The maximum absolute atomic E-state index is 13.0. The number of carbonyl (C=O) groups excluding carboxylic acids is 2. The number of hydrazine groups is 1.